The fourth-order valence-electron chi connectivity index (χ4n) is 9.13. The van der Waals surface area contributed by atoms with E-state index in [9.17, 15) is 14.4 Å². The van der Waals surface area contributed by atoms with E-state index in [0.717, 1.165) is 109 Å². The van der Waals surface area contributed by atoms with E-state index in [4.69, 9.17) is 14.2 Å². The van der Waals surface area contributed by atoms with Crippen molar-refractivity contribution in [2.45, 2.75) is 322 Å². The van der Waals surface area contributed by atoms with Crippen LogP contribution in [0.15, 0.2) is 85.1 Å². The third-order valence-corrected chi connectivity index (χ3v) is 13.9. The van der Waals surface area contributed by atoms with Gasteiger partial charge >= 0.3 is 17.9 Å². The molecule has 6 nitrogen and oxygen atoms in total. The molecule has 1 unspecified atom stereocenters. The topological polar surface area (TPSA) is 78.9 Å². The highest BCUT2D eigenvalue weighted by Crippen LogP contribution is 2.17. The van der Waals surface area contributed by atoms with Crippen molar-refractivity contribution in [1.29, 1.82) is 0 Å². The highest BCUT2D eigenvalue weighted by molar-refractivity contribution is 5.71. The van der Waals surface area contributed by atoms with Gasteiger partial charge in [-0.3, -0.25) is 14.4 Å². The zero-order valence-corrected chi connectivity index (χ0v) is 49.6. The van der Waals surface area contributed by atoms with Gasteiger partial charge in [0.05, 0.1) is 0 Å². The smallest absolute Gasteiger partial charge is 0.306 e. The Hall–Kier alpha value is -3.41. The Balaban J connectivity index is 4.36. The summed E-state index contributed by atoms with van der Waals surface area (Å²) in [6.07, 6.45) is 83.0. The summed E-state index contributed by atoms with van der Waals surface area (Å²) in [4.78, 5) is 38.3. The van der Waals surface area contributed by atoms with E-state index in [1.807, 2.05) is 0 Å². The third kappa shape index (κ3) is 61.3. The molecule has 0 aliphatic carbocycles. The molecule has 75 heavy (non-hydrogen) atoms. The summed E-state index contributed by atoms with van der Waals surface area (Å²) in [5.74, 6) is -0.902. The van der Waals surface area contributed by atoms with Crippen LogP contribution in [-0.2, 0) is 28.6 Å². The third-order valence-electron chi connectivity index (χ3n) is 13.9. The molecule has 0 N–H and O–H groups in total. The lowest BCUT2D eigenvalue weighted by molar-refractivity contribution is -0.167. The van der Waals surface area contributed by atoms with Crippen molar-refractivity contribution in [3.8, 4) is 0 Å². The van der Waals surface area contributed by atoms with Crippen LogP contribution in [-0.4, -0.2) is 37.2 Å². The van der Waals surface area contributed by atoms with E-state index in [-0.39, 0.29) is 31.1 Å². The zero-order valence-electron chi connectivity index (χ0n) is 49.6. The van der Waals surface area contributed by atoms with E-state index in [2.05, 4.69) is 106 Å². The van der Waals surface area contributed by atoms with Gasteiger partial charge in [-0.25, -0.2) is 0 Å². The lowest BCUT2D eigenvalue weighted by Gasteiger charge is -2.18. The average molecular weight is 1050 g/mol. The Kier molecular flexibility index (Phi) is 60.3. The first-order chi connectivity index (χ1) is 37.0. The number of unbranched alkanes of at least 4 members (excludes halogenated alkanes) is 33. The maximum atomic E-state index is 12.9. The molecular formula is C69H120O6. The van der Waals surface area contributed by atoms with Crippen LogP contribution in [0, 0.1) is 0 Å². The van der Waals surface area contributed by atoms with Crippen LogP contribution in [0.1, 0.15) is 316 Å². The molecule has 0 aromatic carbocycles. The maximum absolute atomic E-state index is 12.9. The molecule has 1 atom stereocenters. The Morgan fingerprint density at radius 2 is 0.520 bits per heavy atom. The molecule has 432 valence electrons. The largest absolute Gasteiger partial charge is 0.462 e. The Morgan fingerprint density at radius 3 is 0.813 bits per heavy atom. The molecule has 0 saturated carbocycles. The number of esters is 3. The molecule has 0 radical (unpaired) electrons. The highest BCUT2D eigenvalue weighted by Gasteiger charge is 2.19. The van der Waals surface area contributed by atoms with Crippen LogP contribution < -0.4 is 0 Å². The molecule has 0 spiro atoms. The molecule has 0 aromatic rings. The average Bonchev–Trinajstić information content (AvgIpc) is 3.41. The summed E-state index contributed by atoms with van der Waals surface area (Å²) in [6, 6.07) is 0. The number of carbonyl (C=O) groups is 3. The molecule has 6 heteroatoms. The molecule has 0 aromatic heterocycles. The van der Waals surface area contributed by atoms with Gasteiger partial charge in [-0.05, 0) is 77.0 Å². The van der Waals surface area contributed by atoms with E-state index < -0.39 is 6.10 Å². The van der Waals surface area contributed by atoms with Crippen molar-refractivity contribution in [2.75, 3.05) is 13.2 Å². The summed E-state index contributed by atoms with van der Waals surface area (Å²) >= 11 is 0. The van der Waals surface area contributed by atoms with E-state index in [0.29, 0.717) is 19.3 Å². The molecule has 0 bridgehead atoms. The minimum Gasteiger partial charge on any atom is -0.462 e. The normalized spacial score (nSPS) is 12.6. The standard InChI is InChI=1S/C69H120O6/c1-4-7-10-13-16-19-22-25-27-29-31-33-34-35-36-37-39-40-42-44-47-50-53-56-59-62-68(71)74-65-66(64-73-67(70)61-58-55-52-49-46-24-21-18-15-12-9-6-3)75-69(72)63-60-57-54-51-48-45-43-41-38-32-30-28-26-23-20-17-14-11-8-5-2/h7,10,16,19,25,27,31,33,35-36,39-40,44,47,66H,4-6,8-9,11-15,17-18,20-24,26,28-30,32,34,37-38,41-43,45-46,48-65H2,1-3H3/b10-7-,19-16-,27-25-,33-31-,36-35-,40-39-,47-44-. The van der Waals surface area contributed by atoms with Gasteiger partial charge in [0.1, 0.15) is 13.2 Å². The van der Waals surface area contributed by atoms with Crippen LogP contribution in [0.4, 0.5) is 0 Å². The summed E-state index contributed by atoms with van der Waals surface area (Å²) < 4.78 is 16.9. The fraction of sp³-hybridized carbons (Fsp3) is 0.754. The SMILES string of the molecule is CC/C=C\C/C=C\C/C=C\C/C=C\C/C=C\C/C=C\C/C=C\CCCCCC(=O)OCC(COC(=O)CCCCCCCCCCCCCC)OC(=O)CCCCCCCCCCCCCCCCCCCCCC. The van der Waals surface area contributed by atoms with Crippen LogP contribution >= 0.6 is 0 Å². The lowest BCUT2D eigenvalue weighted by Crippen LogP contribution is -2.30. The number of ether oxygens (including phenoxy) is 3. The second kappa shape index (κ2) is 63.1. The van der Waals surface area contributed by atoms with Crippen LogP contribution in [0.2, 0.25) is 0 Å². The summed E-state index contributed by atoms with van der Waals surface area (Å²) in [5.41, 5.74) is 0. The van der Waals surface area contributed by atoms with Crippen molar-refractivity contribution in [3.05, 3.63) is 85.1 Å². The quantitative estimate of drug-likeness (QED) is 0.0261. The van der Waals surface area contributed by atoms with Gasteiger partial charge in [0, 0.05) is 19.3 Å². The molecular weight excluding hydrogens is 925 g/mol. The number of carbonyl (C=O) groups excluding carboxylic acids is 3. The van der Waals surface area contributed by atoms with Crippen LogP contribution in [0.25, 0.3) is 0 Å². The summed E-state index contributed by atoms with van der Waals surface area (Å²) in [6.45, 7) is 6.53. The minimum absolute atomic E-state index is 0.0831. The van der Waals surface area contributed by atoms with Gasteiger partial charge in [0.2, 0.25) is 0 Å². The van der Waals surface area contributed by atoms with Crippen LogP contribution in [0.5, 0.6) is 0 Å². The van der Waals surface area contributed by atoms with Gasteiger partial charge < -0.3 is 14.2 Å². The number of allylic oxidation sites excluding steroid dienone is 14. The fourth-order valence-corrected chi connectivity index (χ4v) is 9.13. The van der Waals surface area contributed by atoms with Crippen molar-refractivity contribution in [2.24, 2.45) is 0 Å². The van der Waals surface area contributed by atoms with Crippen LogP contribution in [0.3, 0.4) is 0 Å². The molecule has 0 rings (SSSR count). The minimum atomic E-state index is -0.788. The number of hydrogen-bond acceptors (Lipinski definition) is 6. The summed E-state index contributed by atoms with van der Waals surface area (Å²) in [5, 5.41) is 0. The van der Waals surface area contributed by atoms with E-state index in [1.165, 1.54) is 167 Å². The second-order valence-electron chi connectivity index (χ2n) is 21.3. The predicted molar refractivity (Wildman–Crippen MR) is 325 cm³/mol. The van der Waals surface area contributed by atoms with E-state index in [1.54, 1.807) is 0 Å². The first-order valence-corrected chi connectivity index (χ1v) is 32.1. The second-order valence-corrected chi connectivity index (χ2v) is 21.3. The molecule has 0 saturated heterocycles. The van der Waals surface area contributed by atoms with Crippen molar-refractivity contribution >= 4 is 17.9 Å². The van der Waals surface area contributed by atoms with Crippen molar-refractivity contribution in [1.82, 2.24) is 0 Å². The van der Waals surface area contributed by atoms with Gasteiger partial charge in [0.25, 0.3) is 0 Å². The number of hydrogen-bond donors (Lipinski definition) is 0. The van der Waals surface area contributed by atoms with Gasteiger partial charge in [-0.15, -0.1) is 0 Å². The number of rotatable bonds is 58. The lowest BCUT2D eigenvalue weighted by atomic mass is 10.0. The van der Waals surface area contributed by atoms with Gasteiger partial charge in [0.15, 0.2) is 6.10 Å². The highest BCUT2D eigenvalue weighted by atomic mass is 16.6. The Morgan fingerprint density at radius 1 is 0.280 bits per heavy atom. The molecule has 0 fully saturated rings. The first-order valence-electron chi connectivity index (χ1n) is 32.1. The zero-order chi connectivity index (χ0) is 54.3. The molecule has 0 aliphatic heterocycles. The predicted octanol–water partition coefficient (Wildman–Crippen LogP) is 21.9. The Labute approximate surface area is 465 Å². The Bertz CT molecular complexity index is 1430. The van der Waals surface area contributed by atoms with E-state index >= 15 is 0 Å². The molecule has 0 amide bonds. The molecule has 0 aliphatic rings. The maximum Gasteiger partial charge on any atom is 0.306 e. The molecule has 0 heterocycles. The van der Waals surface area contributed by atoms with Crippen molar-refractivity contribution in [3.63, 3.8) is 0 Å². The van der Waals surface area contributed by atoms with Gasteiger partial charge in [-0.1, -0.05) is 305 Å². The van der Waals surface area contributed by atoms with Gasteiger partial charge in [-0.2, -0.15) is 0 Å². The first kappa shape index (κ1) is 71.6. The summed E-state index contributed by atoms with van der Waals surface area (Å²) in [7, 11) is 0. The van der Waals surface area contributed by atoms with Crippen molar-refractivity contribution < 1.29 is 28.6 Å². The monoisotopic (exact) mass is 1040 g/mol.